The van der Waals surface area contributed by atoms with Crippen molar-refractivity contribution >= 4 is 11.9 Å². The van der Waals surface area contributed by atoms with Crippen molar-refractivity contribution in [2.45, 2.75) is 6.92 Å². The fraction of sp³-hybridized carbons (Fsp3) is 0.167. The topological polar surface area (TPSA) is 55.8 Å². The van der Waals surface area contributed by atoms with E-state index in [1.54, 1.807) is 24.3 Å². The second-order valence-electron chi connectivity index (χ2n) is 4.83. The van der Waals surface area contributed by atoms with Crippen LogP contribution in [0.5, 0.6) is 17.2 Å². The van der Waals surface area contributed by atoms with Gasteiger partial charge in [0.1, 0.15) is 5.75 Å². The van der Waals surface area contributed by atoms with E-state index < -0.39 is 0 Å². The maximum absolute atomic E-state index is 12.3. The van der Waals surface area contributed by atoms with Crippen LogP contribution in [0.4, 0.5) is 0 Å². The molecule has 0 unspecified atom stereocenters. The zero-order valence-electron chi connectivity index (χ0n) is 12.8. The van der Waals surface area contributed by atoms with Gasteiger partial charge in [0.2, 0.25) is 0 Å². The summed E-state index contributed by atoms with van der Waals surface area (Å²) in [6.45, 7) is 1.94. The molecule has 1 N–H and O–H groups in total. The third-order valence-electron chi connectivity index (χ3n) is 3.25. The van der Waals surface area contributed by atoms with Gasteiger partial charge in [-0.15, -0.1) is 0 Å². The van der Waals surface area contributed by atoms with Gasteiger partial charge in [-0.2, -0.15) is 0 Å². The number of allylic oxidation sites excluding steroid dienone is 1. The molecule has 0 amide bonds. The monoisotopic (exact) mass is 298 g/mol. The largest absolute Gasteiger partial charge is 0.504 e. The van der Waals surface area contributed by atoms with Crippen molar-refractivity contribution in [2.75, 3.05) is 14.2 Å². The number of phenols is 1. The number of ether oxygens (including phenoxy) is 2. The Morgan fingerprint density at radius 2 is 1.77 bits per heavy atom. The molecule has 2 aromatic rings. The number of benzene rings is 2. The van der Waals surface area contributed by atoms with Crippen molar-refractivity contribution in [1.29, 1.82) is 0 Å². The number of carbonyl (C=O) groups is 1. The summed E-state index contributed by atoms with van der Waals surface area (Å²) in [6.07, 6.45) is 3.09. The molecular formula is C18H18O4. The van der Waals surface area contributed by atoms with E-state index in [0.29, 0.717) is 22.6 Å². The molecule has 0 saturated carbocycles. The Hall–Kier alpha value is -2.75. The van der Waals surface area contributed by atoms with Crippen molar-refractivity contribution in [1.82, 2.24) is 0 Å². The Bertz CT molecular complexity index is 717. The van der Waals surface area contributed by atoms with E-state index in [2.05, 4.69) is 0 Å². The molecule has 0 heterocycles. The molecule has 0 aliphatic heterocycles. The van der Waals surface area contributed by atoms with Gasteiger partial charge in [-0.3, -0.25) is 4.79 Å². The molecule has 114 valence electrons. The number of methoxy groups -OCH3 is 2. The second-order valence-corrected chi connectivity index (χ2v) is 4.83. The lowest BCUT2D eigenvalue weighted by Crippen LogP contribution is -1.99. The van der Waals surface area contributed by atoms with Gasteiger partial charge in [-0.05, 0) is 48.4 Å². The van der Waals surface area contributed by atoms with Crippen LogP contribution in [-0.4, -0.2) is 25.1 Å². The van der Waals surface area contributed by atoms with Gasteiger partial charge in [0, 0.05) is 0 Å². The maximum Gasteiger partial charge on any atom is 0.189 e. The Balaban J connectivity index is 2.23. The molecule has 0 aromatic heterocycles. The number of aromatic hydroxyl groups is 1. The summed E-state index contributed by atoms with van der Waals surface area (Å²) in [6, 6.07) is 10.4. The van der Waals surface area contributed by atoms with E-state index in [0.717, 1.165) is 5.56 Å². The predicted molar refractivity (Wildman–Crippen MR) is 85.8 cm³/mol. The lowest BCUT2D eigenvalue weighted by molar-refractivity contribution is 0.104. The summed E-state index contributed by atoms with van der Waals surface area (Å²) in [5.41, 5.74) is 2.23. The van der Waals surface area contributed by atoms with E-state index >= 15 is 0 Å². The van der Waals surface area contributed by atoms with Crippen LogP contribution in [0.1, 0.15) is 21.5 Å². The van der Waals surface area contributed by atoms with Crippen LogP contribution in [0.25, 0.3) is 6.08 Å². The summed E-state index contributed by atoms with van der Waals surface area (Å²) in [7, 11) is 3.02. The molecule has 0 aliphatic rings. The summed E-state index contributed by atoms with van der Waals surface area (Å²) in [5, 5.41) is 9.72. The SMILES string of the molecule is COc1ccc(/C=C/C(=O)c2ccc(C)cc2OC)cc1O. The minimum Gasteiger partial charge on any atom is -0.504 e. The second kappa shape index (κ2) is 6.80. The highest BCUT2D eigenvalue weighted by atomic mass is 16.5. The van der Waals surface area contributed by atoms with E-state index in [-0.39, 0.29) is 11.5 Å². The van der Waals surface area contributed by atoms with Gasteiger partial charge in [0.15, 0.2) is 17.3 Å². The van der Waals surface area contributed by atoms with Crippen LogP contribution in [0, 0.1) is 6.92 Å². The normalized spacial score (nSPS) is 10.7. The highest BCUT2D eigenvalue weighted by Gasteiger charge is 2.09. The number of carbonyl (C=O) groups excluding carboxylic acids is 1. The Morgan fingerprint density at radius 3 is 2.41 bits per heavy atom. The molecular weight excluding hydrogens is 280 g/mol. The number of ketones is 1. The Morgan fingerprint density at radius 1 is 1.05 bits per heavy atom. The standard InChI is InChI=1S/C18H18O4/c1-12-4-7-14(18(10-12)22-3)15(19)8-5-13-6-9-17(21-2)16(20)11-13/h4-11,20H,1-3H3/b8-5+. The summed E-state index contributed by atoms with van der Waals surface area (Å²) in [5.74, 6) is 0.813. The molecule has 0 radical (unpaired) electrons. The molecule has 0 spiro atoms. The molecule has 22 heavy (non-hydrogen) atoms. The van der Waals surface area contributed by atoms with Crippen LogP contribution in [0.15, 0.2) is 42.5 Å². The lowest BCUT2D eigenvalue weighted by atomic mass is 10.1. The van der Waals surface area contributed by atoms with Crippen molar-refractivity contribution in [3.63, 3.8) is 0 Å². The molecule has 2 rings (SSSR count). The number of aryl methyl sites for hydroxylation is 1. The quantitative estimate of drug-likeness (QED) is 0.676. The number of rotatable bonds is 5. The minimum absolute atomic E-state index is 0.0324. The van der Waals surface area contributed by atoms with Crippen LogP contribution >= 0.6 is 0 Å². The number of hydrogen-bond acceptors (Lipinski definition) is 4. The zero-order valence-corrected chi connectivity index (χ0v) is 12.8. The van der Waals surface area contributed by atoms with Crippen molar-refractivity contribution in [3.05, 3.63) is 59.2 Å². The van der Waals surface area contributed by atoms with Gasteiger partial charge < -0.3 is 14.6 Å². The van der Waals surface area contributed by atoms with Gasteiger partial charge in [0.05, 0.1) is 19.8 Å². The summed E-state index contributed by atoms with van der Waals surface area (Å²) < 4.78 is 10.2. The molecule has 0 fully saturated rings. The minimum atomic E-state index is -0.160. The van der Waals surface area contributed by atoms with Crippen LogP contribution in [-0.2, 0) is 0 Å². The molecule has 4 nitrogen and oxygen atoms in total. The average Bonchev–Trinajstić information content (AvgIpc) is 2.52. The molecule has 4 heteroatoms. The van der Waals surface area contributed by atoms with E-state index in [1.165, 1.54) is 26.4 Å². The first kappa shape index (κ1) is 15.6. The molecule has 2 aromatic carbocycles. The average molecular weight is 298 g/mol. The first-order valence-corrected chi connectivity index (χ1v) is 6.79. The summed E-state index contributed by atoms with van der Waals surface area (Å²) >= 11 is 0. The van der Waals surface area contributed by atoms with E-state index in [1.807, 2.05) is 19.1 Å². The van der Waals surface area contributed by atoms with Crippen LogP contribution in [0.2, 0.25) is 0 Å². The molecule has 0 aliphatic carbocycles. The van der Waals surface area contributed by atoms with Crippen LogP contribution < -0.4 is 9.47 Å². The van der Waals surface area contributed by atoms with Crippen molar-refractivity contribution in [2.24, 2.45) is 0 Å². The molecule has 0 bridgehead atoms. The first-order chi connectivity index (χ1) is 10.5. The van der Waals surface area contributed by atoms with E-state index in [4.69, 9.17) is 9.47 Å². The number of phenolic OH excluding ortho intramolecular Hbond substituents is 1. The highest BCUT2D eigenvalue weighted by Crippen LogP contribution is 2.27. The third kappa shape index (κ3) is 3.47. The maximum atomic E-state index is 12.3. The Labute approximate surface area is 129 Å². The fourth-order valence-corrected chi connectivity index (χ4v) is 2.07. The van der Waals surface area contributed by atoms with E-state index in [9.17, 15) is 9.90 Å². The van der Waals surface area contributed by atoms with Gasteiger partial charge in [-0.25, -0.2) is 0 Å². The first-order valence-electron chi connectivity index (χ1n) is 6.79. The van der Waals surface area contributed by atoms with Crippen LogP contribution in [0.3, 0.4) is 0 Å². The Kier molecular flexibility index (Phi) is 4.84. The van der Waals surface area contributed by atoms with Crippen molar-refractivity contribution in [3.8, 4) is 17.2 Å². The fourth-order valence-electron chi connectivity index (χ4n) is 2.07. The number of hydrogen-bond donors (Lipinski definition) is 1. The van der Waals surface area contributed by atoms with Gasteiger partial charge in [0.25, 0.3) is 0 Å². The lowest BCUT2D eigenvalue weighted by Gasteiger charge is -2.06. The zero-order chi connectivity index (χ0) is 16.1. The van der Waals surface area contributed by atoms with Gasteiger partial charge in [-0.1, -0.05) is 18.2 Å². The van der Waals surface area contributed by atoms with Gasteiger partial charge >= 0.3 is 0 Å². The third-order valence-corrected chi connectivity index (χ3v) is 3.25. The summed E-state index contributed by atoms with van der Waals surface area (Å²) in [4.78, 5) is 12.3. The molecule has 0 saturated heterocycles. The molecule has 0 atom stereocenters. The van der Waals surface area contributed by atoms with Crippen molar-refractivity contribution < 1.29 is 19.4 Å². The predicted octanol–water partition coefficient (Wildman–Crippen LogP) is 3.61. The highest BCUT2D eigenvalue weighted by molar-refractivity contribution is 6.08. The smallest absolute Gasteiger partial charge is 0.189 e.